The van der Waals surface area contributed by atoms with Crippen molar-refractivity contribution in [3.8, 4) is 11.8 Å². The van der Waals surface area contributed by atoms with E-state index in [1.807, 2.05) is 32.1 Å². The molecule has 2 aromatic rings. The minimum atomic E-state index is -0.834. The number of halogens is 1. The van der Waals surface area contributed by atoms with E-state index in [9.17, 15) is 10.4 Å². The van der Waals surface area contributed by atoms with Crippen molar-refractivity contribution in [2.24, 2.45) is 5.41 Å². The number of aromatic hydroxyl groups is 1. The molecule has 0 aliphatic heterocycles. The van der Waals surface area contributed by atoms with Gasteiger partial charge in [-0.15, -0.1) is 11.6 Å². The largest absolute Gasteiger partial charge is 0.508 e. The Balaban J connectivity index is 2.03. The van der Waals surface area contributed by atoms with Crippen LogP contribution in [-0.4, -0.2) is 24.7 Å². The van der Waals surface area contributed by atoms with Crippen LogP contribution >= 0.6 is 11.6 Å². The maximum atomic E-state index is 9.60. The zero-order chi connectivity index (χ0) is 18.1. The Kier molecular flexibility index (Phi) is 4.40. The fraction of sp³-hybridized carbons (Fsp3) is 0.316. The van der Waals surface area contributed by atoms with E-state index in [-0.39, 0.29) is 5.75 Å². The minimum Gasteiger partial charge on any atom is -0.508 e. The Hall–Kier alpha value is -2.58. The molecule has 0 saturated carbocycles. The van der Waals surface area contributed by atoms with Crippen LogP contribution in [0.2, 0.25) is 0 Å². The molecule has 1 aromatic heterocycles. The van der Waals surface area contributed by atoms with Crippen LogP contribution < -0.4 is 0 Å². The summed E-state index contributed by atoms with van der Waals surface area (Å²) in [4.78, 5) is 3.13. The summed E-state index contributed by atoms with van der Waals surface area (Å²) < 4.78 is 1.72. The van der Waals surface area contributed by atoms with Crippen LogP contribution in [-0.2, 0) is 6.54 Å². The minimum absolute atomic E-state index is 0.216. The summed E-state index contributed by atoms with van der Waals surface area (Å²) in [6.45, 7) is 4.23. The molecule has 3 rings (SSSR count). The molecule has 1 heterocycles. The van der Waals surface area contributed by atoms with Gasteiger partial charge in [-0.2, -0.15) is 10.4 Å². The van der Waals surface area contributed by atoms with Gasteiger partial charge in [0.1, 0.15) is 18.4 Å². The molecule has 0 spiro atoms. The number of benzene rings is 1. The van der Waals surface area contributed by atoms with Crippen LogP contribution in [0.5, 0.6) is 5.75 Å². The van der Waals surface area contributed by atoms with Gasteiger partial charge in [-0.3, -0.25) is 0 Å². The van der Waals surface area contributed by atoms with Crippen molar-refractivity contribution in [2.75, 3.05) is 0 Å². The molecule has 1 aliphatic rings. The van der Waals surface area contributed by atoms with E-state index in [4.69, 9.17) is 11.6 Å². The summed E-state index contributed by atoms with van der Waals surface area (Å²) in [5, 5.41) is 23.3. The Morgan fingerprint density at radius 2 is 2.08 bits per heavy atom. The highest BCUT2D eigenvalue weighted by Crippen LogP contribution is 2.47. The molecule has 1 unspecified atom stereocenters. The van der Waals surface area contributed by atoms with E-state index < -0.39 is 10.3 Å². The van der Waals surface area contributed by atoms with E-state index in [1.165, 1.54) is 6.33 Å². The zero-order valence-electron chi connectivity index (χ0n) is 14.1. The summed E-state index contributed by atoms with van der Waals surface area (Å²) in [6.07, 6.45) is 7.70. The third kappa shape index (κ3) is 3.45. The fourth-order valence-electron chi connectivity index (χ4n) is 2.89. The average molecular weight is 355 g/mol. The van der Waals surface area contributed by atoms with Gasteiger partial charge in [0.15, 0.2) is 0 Å². The number of phenolic OH excluding ortho intramolecular Hbond substituents is 1. The molecule has 1 N–H and O–H groups in total. The second-order valence-electron chi connectivity index (χ2n) is 6.80. The predicted octanol–water partition coefficient (Wildman–Crippen LogP) is 3.92. The molecule has 1 aromatic carbocycles. The van der Waals surface area contributed by atoms with E-state index in [0.717, 1.165) is 16.7 Å². The standard InChI is InChI=1S/C19H19ClN4O/c1-18(2,11-21)19(20)8-14(10-24-13-22-12-23-24)7-16(9-19)15-3-5-17(25)6-4-15/h3-8,12-13,25H,9-10H2,1-2H3. The SMILES string of the molecule is CC(C)(C#N)C1(Cl)C=C(Cn2cncn2)C=C(c2ccc(O)cc2)C1. The molecule has 0 radical (unpaired) electrons. The maximum Gasteiger partial charge on any atom is 0.137 e. The lowest BCUT2D eigenvalue weighted by atomic mass is 9.71. The first-order valence-electron chi connectivity index (χ1n) is 7.97. The first kappa shape index (κ1) is 17.2. The molecule has 6 heteroatoms. The van der Waals surface area contributed by atoms with Gasteiger partial charge in [0.25, 0.3) is 0 Å². The fourth-order valence-corrected chi connectivity index (χ4v) is 3.21. The van der Waals surface area contributed by atoms with E-state index in [1.54, 1.807) is 23.1 Å². The number of aromatic nitrogens is 3. The van der Waals surface area contributed by atoms with Crippen LogP contribution in [0, 0.1) is 16.7 Å². The Bertz CT molecular complexity index is 860. The maximum absolute atomic E-state index is 9.60. The van der Waals surface area contributed by atoms with Crippen molar-refractivity contribution in [1.82, 2.24) is 14.8 Å². The molecule has 5 nitrogen and oxygen atoms in total. The topological polar surface area (TPSA) is 74.7 Å². The van der Waals surface area contributed by atoms with Crippen molar-refractivity contribution in [3.05, 3.63) is 60.2 Å². The third-order valence-electron chi connectivity index (χ3n) is 4.59. The first-order chi connectivity index (χ1) is 11.8. The number of rotatable bonds is 4. The number of allylic oxidation sites excluding steroid dienone is 4. The van der Waals surface area contributed by atoms with Crippen LogP contribution in [0.1, 0.15) is 25.8 Å². The van der Waals surface area contributed by atoms with Crippen LogP contribution in [0.25, 0.3) is 5.57 Å². The third-order valence-corrected chi connectivity index (χ3v) is 5.30. The number of alkyl halides is 1. The lowest BCUT2D eigenvalue weighted by molar-refractivity contribution is 0.387. The second kappa shape index (κ2) is 6.38. The van der Waals surface area contributed by atoms with E-state index in [2.05, 4.69) is 22.2 Å². The highest BCUT2D eigenvalue weighted by Gasteiger charge is 2.44. The molecule has 0 bridgehead atoms. The molecular formula is C19H19ClN4O. The molecule has 25 heavy (non-hydrogen) atoms. The quantitative estimate of drug-likeness (QED) is 0.844. The Labute approximate surface area is 151 Å². The Morgan fingerprint density at radius 3 is 2.68 bits per heavy atom. The molecule has 0 fully saturated rings. The van der Waals surface area contributed by atoms with Gasteiger partial charge in [-0.1, -0.05) is 24.3 Å². The zero-order valence-corrected chi connectivity index (χ0v) is 14.9. The van der Waals surface area contributed by atoms with Gasteiger partial charge in [-0.25, -0.2) is 9.67 Å². The van der Waals surface area contributed by atoms with Gasteiger partial charge >= 0.3 is 0 Å². The van der Waals surface area contributed by atoms with Crippen LogP contribution in [0.15, 0.2) is 54.6 Å². The summed E-state index contributed by atoms with van der Waals surface area (Å²) in [7, 11) is 0. The van der Waals surface area contributed by atoms with Gasteiger partial charge in [-0.05, 0) is 49.1 Å². The highest BCUT2D eigenvalue weighted by molar-refractivity contribution is 6.27. The van der Waals surface area contributed by atoms with Crippen LogP contribution in [0.3, 0.4) is 0 Å². The van der Waals surface area contributed by atoms with Gasteiger partial charge in [0, 0.05) is 0 Å². The van der Waals surface area contributed by atoms with Crippen molar-refractivity contribution < 1.29 is 5.11 Å². The normalized spacial score (nSPS) is 20.6. The van der Waals surface area contributed by atoms with E-state index >= 15 is 0 Å². The number of nitriles is 1. The average Bonchev–Trinajstić information content (AvgIpc) is 3.08. The summed E-state index contributed by atoms with van der Waals surface area (Å²) in [5.74, 6) is 0.216. The monoisotopic (exact) mass is 354 g/mol. The van der Waals surface area contributed by atoms with Crippen molar-refractivity contribution in [2.45, 2.75) is 31.7 Å². The number of hydrogen-bond donors (Lipinski definition) is 1. The summed E-state index contributed by atoms with van der Waals surface area (Å²) >= 11 is 6.94. The lowest BCUT2D eigenvalue weighted by Gasteiger charge is -2.38. The Morgan fingerprint density at radius 1 is 1.36 bits per heavy atom. The van der Waals surface area contributed by atoms with Gasteiger partial charge in [0.2, 0.25) is 0 Å². The molecular weight excluding hydrogens is 336 g/mol. The molecule has 128 valence electrons. The van der Waals surface area contributed by atoms with Crippen molar-refractivity contribution in [3.63, 3.8) is 0 Å². The number of nitrogens with zero attached hydrogens (tertiary/aromatic N) is 4. The van der Waals surface area contributed by atoms with Gasteiger partial charge in [0.05, 0.1) is 22.9 Å². The molecule has 1 atom stereocenters. The first-order valence-corrected chi connectivity index (χ1v) is 8.35. The smallest absolute Gasteiger partial charge is 0.137 e. The van der Waals surface area contributed by atoms with Gasteiger partial charge < -0.3 is 5.11 Å². The number of phenols is 1. The predicted molar refractivity (Wildman–Crippen MR) is 96.8 cm³/mol. The lowest BCUT2D eigenvalue weighted by Crippen LogP contribution is -2.38. The molecule has 1 aliphatic carbocycles. The van der Waals surface area contributed by atoms with E-state index in [0.29, 0.717) is 13.0 Å². The highest BCUT2D eigenvalue weighted by atomic mass is 35.5. The van der Waals surface area contributed by atoms with Crippen molar-refractivity contribution >= 4 is 17.2 Å². The second-order valence-corrected chi connectivity index (χ2v) is 7.48. The number of hydrogen-bond acceptors (Lipinski definition) is 4. The molecule has 0 amide bonds. The summed E-state index contributed by atoms with van der Waals surface area (Å²) in [5.41, 5.74) is 2.22. The molecule has 0 saturated heterocycles. The summed E-state index contributed by atoms with van der Waals surface area (Å²) in [6, 6.07) is 9.35. The van der Waals surface area contributed by atoms with Crippen molar-refractivity contribution in [1.29, 1.82) is 5.26 Å². The van der Waals surface area contributed by atoms with Crippen LogP contribution in [0.4, 0.5) is 0 Å².